The molecule has 2 heteroatoms. The SMILES string of the molecule is CCCCCCCCCC[Si](C)(C)I. The summed E-state index contributed by atoms with van der Waals surface area (Å²) in [6.45, 7) is 7.22. The molecule has 0 aliphatic rings. The van der Waals surface area contributed by atoms with Crippen molar-refractivity contribution in [1.29, 1.82) is 0 Å². The van der Waals surface area contributed by atoms with E-state index in [-0.39, 0.29) is 0 Å². The summed E-state index contributed by atoms with van der Waals surface area (Å²) in [5.74, 6) is 0. The molecule has 0 saturated heterocycles. The van der Waals surface area contributed by atoms with E-state index >= 15 is 0 Å². The Morgan fingerprint density at radius 3 is 1.64 bits per heavy atom. The van der Waals surface area contributed by atoms with E-state index in [1.165, 1.54) is 57.4 Å². The van der Waals surface area contributed by atoms with Crippen molar-refractivity contribution in [3.05, 3.63) is 0 Å². The van der Waals surface area contributed by atoms with Crippen LogP contribution in [0.15, 0.2) is 0 Å². The van der Waals surface area contributed by atoms with Crippen LogP contribution < -0.4 is 0 Å². The normalized spacial score (nSPS) is 12.0. The molecule has 0 bridgehead atoms. The number of rotatable bonds is 9. The molecule has 0 rings (SSSR count). The van der Waals surface area contributed by atoms with Crippen molar-refractivity contribution < 1.29 is 0 Å². The molecule has 0 aromatic rings. The molecule has 0 atom stereocenters. The Hall–Kier alpha value is 0.947. The van der Waals surface area contributed by atoms with Crippen molar-refractivity contribution in [2.24, 2.45) is 0 Å². The zero-order valence-corrected chi connectivity index (χ0v) is 13.4. The van der Waals surface area contributed by atoms with Gasteiger partial charge in [0.25, 0.3) is 0 Å². The van der Waals surface area contributed by atoms with Gasteiger partial charge < -0.3 is 0 Å². The van der Waals surface area contributed by atoms with Gasteiger partial charge in [0.15, 0.2) is 0 Å². The molecule has 0 aromatic heterocycles. The van der Waals surface area contributed by atoms with E-state index in [2.05, 4.69) is 41.8 Å². The first kappa shape index (κ1) is 14.9. The molecule has 86 valence electrons. The van der Waals surface area contributed by atoms with Crippen LogP contribution in [0.25, 0.3) is 0 Å². The fourth-order valence-electron chi connectivity index (χ4n) is 1.68. The van der Waals surface area contributed by atoms with E-state index in [1.54, 1.807) is 0 Å². The molecule has 0 N–H and O–H groups in total. The van der Waals surface area contributed by atoms with Gasteiger partial charge in [0, 0.05) is 0 Å². The minimum atomic E-state index is -0.768. The van der Waals surface area contributed by atoms with Crippen LogP contribution in [0.3, 0.4) is 0 Å². The van der Waals surface area contributed by atoms with E-state index in [0.29, 0.717) is 0 Å². The first-order chi connectivity index (χ1) is 6.56. The van der Waals surface area contributed by atoms with Gasteiger partial charge in [0.05, 0.1) is 0 Å². The molecule has 0 saturated carbocycles. The second-order valence-corrected chi connectivity index (χ2v) is 17.6. The Morgan fingerprint density at radius 2 is 1.21 bits per heavy atom. The summed E-state index contributed by atoms with van der Waals surface area (Å²) < 4.78 is 0. The van der Waals surface area contributed by atoms with Gasteiger partial charge in [-0.3, -0.25) is 0 Å². The van der Waals surface area contributed by atoms with Crippen molar-refractivity contribution in [3.8, 4) is 0 Å². The topological polar surface area (TPSA) is 0 Å². The highest BCUT2D eigenvalue weighted by atomic mass is 127. The minimum absolute atomic E-state index is 0.768. The summed E-state index contributed by atoms with van der Waals surface area (Å²) in [5.41, 5.74) is -0.768. The summed E-state index contributed by atoms with van der Waals surface area (Å²) in [4.78, 5) is 0. The predicted molar refractivity (Wildman–Crippen MR) is 78.9 cm³/mol. The van der Waals surface area contributed by atoms with Crippen molar-refractivity contribution >= 4 is 27.4 Å². The van der Waals surface area contributed by atoms with Crippen LogP contribution in [-0.4, -0.2) is 5.57 Å². The molecule has 0 spiro atoms. The third-order valence-corrected chi connectivity index (χ3v) is 5.79. The lowest BCUT2D eigenvalue weighted by Crippen LogP contribution is -2.13. The molecule has 0 amide bonds. The highest BCUT2D eigenvalue weighted by molar-refractivity contribution is 14.1. The molecule has 0 radical (unpaired) electrons. The highest BCUT2D eigenvalue weighted by Crippen LogP contribution is 2.21. The number of unbranched alkanes of at least 4 members (excludes halogenated alkanes) is 7. The smallest absolute Gasteiger partial charge is 0.119 e. The Bertz CT molecular complexity index is 118. The van der Waals surface area contributed by atoms with E-state index in [1.807, 2.05) is 0 Å². The summed E-state index contributed by atoms with van der Waals surface area (Å²) >= 11 is 2.69. The van der Waals surface area contributed by atoms with Gasteiger partial charge in [0.2, 0.25) is 0 Å². The van der Waals surface area contributed by atoms with Crippen LogP contribution in [-0.2, 0) is 0 Å². The zero-order valence-electron chi connectivity index (χ0n) is 10.2. The maximum atomic E-state index is 2.69. The van der Waals surface area contributed by atoms with E-state index in [4.69, 9.17) is 0 Å². The predicted octanol–water partition coefficient (Wildman–Crippen LogP) is 5.77. The second kappa shape index (κ2) is 9.19. The first-order valence-electron chi connectivity index (χ1n) is 6.25. The van der Waals surface area contributed by atoms with Gasteiger partial charge in [-0.25, -0.2) is 0 Å². The highest BCUT2D eigenvalue weighted by Gasteiger charge is 2.14. The minimum Gasteiger partial charge on any atom is -0.119 e. The molecular formula is C12H27ISi. The van der Waals surface area contributed by atoms with Crippen LogP contribution in [0.4, 0.5) is 0 Å². The first-order valence-corrected chi connectivity index (χ1v) is 12.6. The average molecular weight is 326 g/mol. The Balaban J connectivity index is 2.99. The van der Waals surface area contributed by atoms with E-state index in [0.717, 1.165) is 0 Å². The quantitative estimate of drug-likeness (QED) is 0.218. The van der Waals surface area contributed by atoms with Crippen molar-refractivity contribution in [3.63, 3.8) is 0 Å². The molecule has 14 heavy (non-hydrogen) atoms. The molecule has 0 aromatic carbocycles. The average Bonchev–Trinajstić information content (AvgIpc) is 2.08. The number of halogens is 1. The summed E-state index contributed by atoms with van der Waals surface area (Å²) in [6, 6.07) is 1.52. The summed E-state index contributed by atoms with van der Waals surface area (Å²) in [7, 11) is 0. The van der Waals surface area contributed by atoms with Crippen LogP contribution in [0.2, 0.25) is 19.1 Å². The molecule has 0 fully saturated rings. The molecule has 0 heterocycles. The fourth-order valence-corrected chi connectivity index (χ4v) is 3.91. The lowest BCUT2D eigenvalue weighted by atomic mass is 10.1. The Morgan fingerprint density at radius 1 is 0.786 bits per heavy atom. The third kappa shape index (κ3) is 12.9. The van der Waals surface area contributed by atoms with Crippen molar-refractivity contribution in [2.75, 3.05) is 0 Å². The standard InChI is InChI=1S/C12H27ISi/c1-4-5-6-7-8-9-10-11-12-14(2,3)13/h4-12H2,1-3H3. The molecular weight excluding hydrogens is 299 g/mol. The maximum absolute atomic E-state index is 2.69. The maximum Gasteiger partial charge on any atom is 0.119 e. The zero-order chi connectivity index (χ0) is 10.9. The largest absolute Gasteiger partial charge is 0.119 e. The summed E-state index contributed by atoms with van der Waals surface area (Å²) in [6.07, 6.45) is 11.7. The molecule has 0 aliphatic heterocycles. The van der Waals surface area contributed by atoms with Crippen LogP contribution in [0.1, 0.15) is 58.3 Å². The third-order valence-electron chi connectivity index (χ3n) is 2.62. The summed E-state index contributed by atoms with van der Waals surface area (Å²) in [5, 5.41) is 0. The van der Waals surface area contributed by atoms with Gasteiger partial charge in [-0.05, 0) is 6.04 Å². The lowest BCUT2D eigenvalue weighted by Gasteiger charge is -2.12. The van der Waals surface area contributed by atoms with Gasteiger partial charge in [-0.1, -0.05) is 71.4 Å². The van der Waals surface area contributed by atoms with Crippen molar-refractivity contribution in [2.45, 2.75) is 77.4 Å². The molecule has 0 unspecified atom stereocenters. The fraction of sp³-hybridized carbons (Fsp3) is 1.00. The van der Waals surface area contributed by atoms with E-state index < -0.39 is 5.57 Å². The van der Waals surface area contributed by atoms with Gasteiger partial charge in [-0.2, -0.15) is 0 Å². The van der Waals surface area contributed by atoms with Crippen LogP contribution in [0.5, 0.6) is 0 Å². The molecule has 0 nitrogen and oxygen atoms in total. The Labute approximate surface area is 104 Å². The van der Waals surface area contributed by atoms with Crippen LogP contribution in [0, 0.1) is 0 Å². The van der Waals surface area contributed by atoms with E-state index in [9.17, 15) is 0 Å². The van der Waals surface area contributed by atoms with Crippen LogP contribution >= 0.6 is 21.8 Å². The second-order valence-electron chi connectivity index (χ2n) is 4.94. The monoisotopic (exact) mass is 326 g/mol. The Kier molecular flexibility index (Phi) is 9.81. The van der Waals surface area contributed by atoms with Gasteiger partial charge >= 0.3 is 0 Å². The van der Waals surface area contributed by atoms with Gasteiger partial charge in [-0.15, -0.1) is 21.8 Å². The number of hydrogen-bond donors (Lipinski definition) is 0. The number of hydrogen-bond acceptors (Lipinski definition) is 0. The van der Waals surface area contributed by atoms with Crippen molar-refractivity contribution in [1.82, 2.24) is 0 Å². The lowest BCUT2D eigenvalue weighted by molar-refractivity contribution is 0.584. The molecule has 0 aliphatic carbocycles. The van der Waals surface area contributed by atoms with Gasteiger partial charge in [0.1, 0.15) is 5.57 Å².